The van der Waals surface area contributed by atoms with Gasteiger partial charge in [0.05, 0.1) is 5.52 Å². The van der Waals surface area contributed by atoms with E-state index >= 15 is 0 Å². The first-order valence-electron chi connectivity index (χ1n) is 11.2. The van der Waals surface area contributed by atoms with Crippen LogP contribution in [0.4, 0.5) is 0 Å². The lowest BCUT2D eigenvalue weighted by molar-refractivity contribution is -0.142. The number of aryl methyl sites for hydroxylation is 1. The molecule has 160 valence electrons. The van der Waals surface area contributed by atoms with Gasteiger partial charge >= 0.3 is 0 Å². The molecule has 1 atom stereocenters. The highest BCUT2D eigenvalue weighted by atomic mass is 16.5. The van der Waals surface area contributed by atoms with Crippen molar-refractivity contribution < 1.29 is 14.3 Å². The van der Waals surface area contributed by atoms with Gasteiger partial charge < -0.3 is 14.4 Å². The van der Waals surface area contributed by atoms with Gasteiger partial charge in [-0.2, -0.15) is 0 Å². The molecular formula is C26H28N2O3. The van der Waals surface area contributed by atoms with Gasteiger partial charge in [0.1, 0.15) is 18.0 Å². The Morgan fingerprint density at radius 2 is 1.90 bits per heavy atom. The van der Waals surface area contributed by atoms with Crippen LogP contribution in [0.15, 0.2) is 54.7 Å². The van der Waals surface area contributed by atoms with Crippen LogP contribution < -0.4 is 4.74 Å². The van der Waals surface area contributed by atoms with Crippen LogP contribution in [0.1, 0.15) is 31.2 Å². The number of amides is 1. The van der Waals surface area contributed by atoms with E-state index in [1.54, 1.807) is 0 Å². The van der Waals surface area contributed by atoms with Crippen molar-refractivity contribution in [3.8, 4) is 16.9 Å². The highest BCUT2D eigenvalue weighted by Crippen LogP contribution is 2.31. The normalized spacial score (nSPS) is 19.6. The first-order chi connectivity index (χ1) is 15.2. The lowest BCUT2D eigenvalue weighted by Crippen LogP contribution is -2.45. The molecule has 0 aliphatic carbocycles. The number of nitrogens with zero attached hydrogens (tertiary/aromatic N) is 2. The number of hydrogen-bond acceptors (Lipinski definition) is 4. The van der Waals surface area contributed by atoms with Gasteiger partial charge in [0.15, 0.2) is 0 Å². The Morgan fingerprint density at radius 1 is 1.10 bits per heavy atom. The van der Waals surface area contributed by atoms with Crippen LogP contribution in [-0.4, -0.2) is 47.7 Å². The Hall–Kier alpha value is -2.92. The molecule has 0 unspecified atom stereocenters. The molecule has 3 aromatic rings. The zero-order valence-corrected chi connectivity index (χ0v) is 17.9. The van der Waals surface area contributed by atoms with Crippen molar-refractivity contribution >= 4 is 16.8 Å². The topological polar surface area (TPSA) is 51.7 Å². The van der Waals surface area contributed by atoms with E-state index < -0.39 is 0 Å². The second kappa shape index (κ2) is 8.67. The van der Waals surface area contributed by atoms with Crippen molar-refractivity contribution in [2.24, 2.45) is 0 Å². The van der Waals surface area contributed by atoms with Gasteiger partial charge in [-0.25, -0.2) is 0 Å². The Morgan fingerprint density at radius 3 is 2.65 bits per heavy atom. The minimum Gasteiger partial charge on any atom is -0.490 e. The predicted molar refractivity (Wildman–Crippen MR) is 121 cm³/mol. The average molecular weight is 417 g/mol. The maximum atomic E-state index is 12.5. The van der Waals surface area contributed by atoms with Crippen molar-refractivity contribution in [2.45, 2.75) is 44.8 Å². The van der Waals surface area contributed by atoms with E-state index in [0.29, 0.717) is 6.61 Å². The largest absolute Gasteiger partial charge is 0.490 e. The van der Waals surface area contributed by atoms with Gasteiger partial charge in [0, 0.05) is 44.1 Å². The summed E-state index contributed by atoms with van der Waals surface area (Å²) in [5.74, 6) is 1.03. The van der Waals surface area contributed by atoms with Crippen LogP contribution in [0.5, 0.6) is 5.75 Å². The van der Waals surface area contributed by atoms with Crippen LogP contribution in [0.3, 0.4) is 0 Å². The van der Waals surface area contributed by atoms with Crippen LogP contribution in [0.2, 0.25) is 0 Å². The van der Waals surface area contributed by atoms with E-state index in [1.165, 1.54) is 11.1 Å². The first kappa shape index (κ1) is 20.0. The summed E-state index contributed by atoms with van der Waals surface area (Å²) in [5, 5.41) is 1.16. The molecule has 2 aromatic carbocycles. The molecule has 2 saturated heterocycles. The third-order valence-corrected chi connectivity index (χ3v) is 6.29. The molecule has 1 aromatic heterocycles. The van der Waals surface area contributed by atoms with Crippen molar-refractivity contribution in [3.05, 3.63) is 60.3 Å². The highest BCUT2D eigenvalue weighted by molar-refractivity contribution is 5.95. The van der Waals surface area contributed by atoms with E-state index in [4.69, 9.17) is 9.47 Å². The SMILES string of the molecule is Cc1cc(-c2ccc(OC3CCN(C(=O)[C@H]4CCCO4)CC3)cc2)c2cccnc2c1. The summed E-state index contributed by atoms with van der Waals surface area (Å²) >= 11 is 0. The second-order valence-electron chi connectivity index (χ2n) is 8.55. The Balaban J connectivity index is 1.23. The summed E-state index contributed by atoms with van der Waals surface area (Å²) in [4.78, 5) is 19.0. The fraction of sp³-hybridized carbons (Fsp3) is 0.385. The summed E-state index contributed by atoms with van der Waals surface area (Å²) in [6.45, 7) is 4.29. The number of benzene rings is 2. The lowest BCUT2D eigenvalue weighted by Gasteiger charge is -2.33. The average Bonchev–Trinajstić information content (AvgIpc) is 3.34. The molecule has 5 heteroatoms. The van der Waals surface area contributed by atoms with Crippen LogP contribution in [0.25, 0.3) is 22.0 Å². The van der Waals surface area contributed by atoms with Crippen molar-refractivity contribution in [3.63, 3.8) is 0 Å². The van der Waals surface area contributed by atoms with Gasteiger partial charge in [-0.05, 0) is 60.7 Å². The molecule has 2 fully saturated rings. The fourth-order valence-electron chi connectivity index (χ4n) is 4.64. The van der Waals surface area contributed by atoms with Gasteiger partial charge in [0.25, 0.3) is 5.91 Å². The molecule has 0 saturated carbocycles. The van der Waals surface area contributed by atoms with E-state index in [0.717, 1.165) is 61.0 Å². The maximum absolute atomic E-state index is 12.5. The molecule has 5 rings (SSSR count). The summed E-state index contributed by atoms with van der Waals surface area (Å²) in [6.07, 6.45) is 5.31. The first-order valence-corrected chi connectivity index (χ1v) is 11.2. The van der Waals surface area contributed by atoms with E-state index in [1.807, 2.05) is 29.3 Å². The van der Waals surface area contributed by atoms with E-state index in [-0.39, 0.29) is 18.1 Å². The summed E-state index contributed by atoms with van der Waals surface area (Å²) in [6, 6.07) is 16.8. The Labute approximate surface area is 183 Å². The monoisotopic (exact) mass is 416 g/mol. The van der Waals surface area contributed by atoms with Crippen LogP contribution >= 0.6 is 0 Å². The predicted octanol–water partition coefficient (Wildman–Crippen LogP) is 4.76. The van der Waals surface area contributed by atoms with Gasteiger partial charge in [-0.3, -0.25) is 9.78 Å². The molecule has 0 radical (unpaired) electrons. The number of hydrogen-bond donors (Lipinski definition) is 0. The minimum atomic E-state index is -0.224. The van der Waals surface area contributed by atoms with Crippen molar-refractivity contribution in [2.75, 3.05) is 19.7 Å². The molecule has 2 aliphatic heterocycles. The number of pyridine rings is 1. The van der Waals surface area contributed by atoms with E-state index in [2.05, 4.69) is 42.2 Å². The molecule has 2 aliphatic rings. The molecule has 0 N–H and O–H groups in total. The molecule has 1 amide bonds. The second-order valence-corrected chi connectivity index (χ2v) is 8.55. The van der Waals surface area contributed by atoms with E-state index in [9.17, 15) is 4.79 Å². The molecule has 3 heterocycles. The molecule has 31 heavy (non-hydrogen) atoms. The number of fused-ring (bicyclic) bond motifs is 1. The molecule has 5 nitrogen and oxygen atoms in total. The number of aromatic nitrogens is 1. The number of piperidine rings is 1. The fourth-order valence-corrected chi connectivity index (χ4v) is 4.64. The smallest absolute Gasteiger partial charge is 0.251 e. The number of rotatable bonds is 4. The quantitative estimate of drug-likeness (QED) is 0.615. The molecular weight excluding hydrogens is 388 g/mol. The summed E-state index contributed by atoms with van der Waals surface area (Å²) in [5.41, 5.74) is 4.56. The zero-order chi connectivity index (χ0) is 21.2. The number of carbonyl (C=O) groups excluding carboxylic acids is 1. The third-order valence-electron chi connectivity index (χ3n) is 6.29. The van der Waals surface area contributed by atoms with Gasteiger partial charge in [0.2, 0.25) is 0 Å². The third kappa shape index (κ3) is 4.28. The van der Waals surface area contributed by atoms with Crippen molar-refractivity contribution in [1.29, 1.82) is 0 Å². The van der Waals surface area contributed by atoms with Gasteiger partial charge in [-0.1, -0.05) is 24.3 Å². The van der Waals surface area contributed by atoms with Crippen LogP contribution in [-0.2, 0) is 9.53 Å². The molecule has 0 bridgehead atoms. The Kier molecular flexibility index (Phi) is 5.60. The van der Waals surface area contributed by atoms with Crippen molar-refractivity contribution in [1.82, 2.24) is 9.88 Å². The molecule has 0 spiro atoms. The summed E-state index contributed by atoms with van der Waals surface area (Å²) in [7, 11) is 0. The number of likely N-dealkylation sites (tertiary alicyclic amines) is 1. The number of carbonyl (C=O) groups is 1. The number of ether oxygens (including phenoxy) is 2. The minimum absolute atomic E-state index is 0.142. The van der Waals surface area contributed by atoms with Gasteiger partial charge in [-0.15, -0.1) is 0 Å². The highest BCUT2D eigenvalue weighted by Gasteiger charge is 2.31. The van der Waals surface area contributed by atoms with Crippen LogP contribution in [0, 0.1) is 6.92 Å². The maximum Gasteiger partial charge on any atom is 0.251 e. The summed E-state index contributed by atoms with van der Waals surface area (Å²) < 4.78 is 11.8. The zero-order valence-electron chi connectivity index (χ0n) is 17.9. The standard InChI is InChI=1S/C26H28N2O3/c1-18-16-23(22-4-2-12-27-24(22)17-18)19-6-8-20(9-7-19)31-21-10-13-28(14-11-21)26(29)25-5-3-15-30-25/h2,4,6-9,12,16-17,21,25H,3,5,10-11,13-15H2,1H3/t25-/m1/s1. The Bertz CT molecular complexity index is 1070. The lowest BCUT2D eigenvalue weighted by atomic mass is 9.98.